The SMILES string of the molecule is Cn1nnc([C@@H](O)CN2CCOCC2)n1. The van der Waals surface area contributed by atoms with Crippen LogP contribution < -0.4 is 0 Å². The molecule has 7 heteroatoms. The molecule has 0 saturated carbocycles. The Labute approximate surface area is 87.6 Å². The van der Waals surface area contributed by atoms with Gasteiger partial charge in [-0.15, -0.1) is 10.2 Å². The number of ether oxygens (including phenoxy) is 1. The Bertz CT molecular complexity index is 310. The molecule has 2 heterocycles. The molecule has 1 fully saturated rings. The molecule has 1 aromatic rings. The zero-order chi connectivity index (χ0) is 10.7. The molecule has 1 aromatic heterocycles. The molecule has 0 aromatic carbocycles. The van der Waals surface area contributed by atoms with E-state index < -0.39 is 6.10 Å². The molecule has 1 saturated heterocycles. The summed E-state index contributed by atoms with van der Waals surface area (Å²) in [5.74, 6) is 0.379. The highest BCUT2D eigenvalue weighted by molar-refractivity contribution is 4.86. The summed E-state index contributed by atoms with van der Waals surface area (Å²) < 4.78 is 5.22. The van der Waals surface area contributed by atoms with E-state index in [0.29, 0.717) is 12.4 Å². The summed E-state index contributed by atoms with van der Waals surface area (Å²) >= 11 is 0. The summed E-state index contributed by atoms with van der Waals surface area (Å²) in [6.45, 7) is 3.67. The smallest absolute Gasteiger partial charge is 0.204 e. The molecule has 15 heavy (non-hydrogen) atoms. The number of aryl methyl sites for hydroxylation is 1. The molecule has 1 aliphatic heterocycles. The number of aliphatic hydroxyl groups excluding tert-OH is 1. The molecular formula is C8H15N5O2. The molecule has 0 unspecified atom stereocenters. The van der Waals surface area contributed by atoms with E-state index in [1.165, 1.54) is 4.80 Å². The van der Waals surface area contributed by atoms with E-state index >= 15 is 0 Å². The fourth-order valence-electron chi connectivity index (χ4n) is 1.54. The van der Waals surface area contributed by atoms with Crippen molar-refractivity contribution in [2.75, 3.05) is 32.8 Å². The van der Waals surface area contributed by atoms with E-state index in [9.17, 15) is 5.11 Å². The second-order valence-electron chi connectivity index (χ2n) is 3.57. The van der Waals surface area contributed by atoms with Gasteiger partial charge in [-0.2, -0.15) is 4.80 Å². The quantitative estimate of drug-likeness (QED) is 0.664. The van der Waals surface area contributed by atoms with Crippen LogP contribution in [-0.4, -0.2) is 63.1 Å². The first-order chi connectivity index (χ1) is 7.25. The number of hydrogen-bond donors (Lipinski definition) is 1. The maximum Gasteiger partial charge on any atom is 0.204 e. The third-order valence-corrected chi connectivity index (χ3v) is 2.36. The molecule has 0 aliphatic carbocycles. The Kier molecular flexibility index (Phi) is 3.24. The van der Waals surface area contributed by atoms with Crippen LogP contribution in [-0.2, 0) is 11.8 Å². The van der Waals surface area contributed by atoms with Crippen LogP contribution in [0.2, 0.25) is 0 Å². The summed E-state index contributed by atoms with van der Waals surface area (Å²) in [7, 11) is 1.68. The molecule has 84 valence electrons. The summed E-state index contributed by atoms with van der Waals surface area (Å²) in [5, 5.41) is 21.2. The first-order valence-corrected chi connectivity index (χ1v) is 4.98. The van der Waals surface area contributed by atoms with E-state index in [-0.39, 0.29) is 0 Å². The van der Waals surface area contributed by atoms with E-state index in [1.807, 2.05) is 0 Å². The molecule has 0 amide bonds. The molecule has 7 nitrogen and oxygen atoms in total. The van der Waals surface area contributed by atoms with Gasteiger partial charge in [0.1, 0.15) is 6.10 Å². The van der Waals surface area contributed by atoms with E-state index in [4.69, 9.17) is 4.74 Å². The molecule has 0 bridgehead atoms. The predicted octanol–water partition coefficient (Wildman–Crippen LogP) is -1.42. The van der Waals surface area contributed by atoms with Crippen molar-refractivity contribution in [2.45, 2.75) is 6.10 Å². The number of tetrazole rings is 1. The van der Waals surface area contributed by atoms with Crippen LogP contribution in [0.1, 0.15) is 11.9 Å². The fourth-order valence-corrected chi connectivity index (χ4v) is 1.54. The molecule has 1 atom stereocenters. The lowest BCUT2D eigenvalue weighted by Crippen LogP contribution is -2.39. The van der Waals surface area contributed by atoms with Crippen molar-refractivity contribution in [1.29, 1.82) is 0 Å². The second kappa shape index (κ2) is 4.65. The zero-order valence-electron chi connectivity index (χ0n) is 8.70. The van der Waals surface area contributed by atoms with Gasteiger partial charge in [0, 0.05) is 19.6 Å². The third kappa shape index (κ3) is 2.71. The van der Waals surface area contributed by atoms with E-state index in [2.05, 4.69) is 20.3 Å². The largest absolute Gasteiger partial charge is 0.384 e. The molecule has 1 aliphatic rings. The van der Waals surface area contributed by atoms with Crippen molar-refractivity contribution in [3.05, 3.63) is 5.82 Å². The Hall–Kier alpha value is -1.05. The lowest BCUT2D eigenvalue weighted by molar-refractivity contribution is 0.0126. The molecule has 2 rings (SSSR count). The van der Waals surface area contributed by atoms with Gasteiger partial charge >= 0.3 is 0 Å². The lowest BCUT2D eigenvalue weighted by Gasteiger charge is -2.27. The van der Waals surface area contributed by atoms with Crippen LogP contribution >= 0.6 is 0 Å². The highest BCUT2D eigenvalue weighted by Crippen LogP contribution is 2.09. The van der Waals surface area contributed by atoms with Gasteiger partial charge in [-0.25, -0.2) is 0 Å². The van der Waals surface area contributed by atoms with Crippen LogP contribution in [0.15, 0.2) is 0 Å². The van der Waals surface area contributed by atoms with Crippen molar-refractivity contribution in [3.8, 4) is 0 Å². The average molecular weight is 213 g/mol. The molecule has 0 radical (unpaired) electrons. The standard InChI is InChI=1S/C8H15N5O2/c1-12-10-8(9-11-12)7(14)6-13-2-4-15-5-3-13/h7,14H,2-6H2,1H3/t7-/m0/s1. The number of β-amino-alcohol motifs (C(OH)–C–C–N with tert-alkyl or cyclic N) is 1. The van der Waals surface area contributed by atoms with Gasteiger partial charge in [0.25, 0.3) is 0 Å². The van der Waals surface area contributed by atoms with Crippen molar-refractivity contribution in [2.24, 2.45) is 7.05 Å². The van der Waals surface area contributed by atoms with Crippen molar-refractivity contribution in [3.63, 3.8) is 0 Å². The molecule has 0 spiro atoms. The van der Waals surface area contributed by atoms with Crippen LogP contribution in [0.5, 0.6) is 0 Å². The van der Waals surface area contributed by atoms with Gasteiger partial charge in [0.15, 0.2) is 0 Å². The average Bonchev–Trinajstić information content (AvgIpc) is 2.66. The Morgan fingerprint density at radius 1 is 1.47 bits per heavy atom. The number of nitrogens with zero attached hydrogens (tertiary/aromatic N) is 5. The zero-order valence-corrected chi connectivity index (χ0v) is 8.70. The summed E-state index contributed by atoms with van der Waals surface area (Å²) in [6, 6.07) is 0. The lowest BCUT2D eigenvalue weighted by atomic mass is 10.3. The van der Waals surface area contributed by atoms with Crippen LogP contribution in [0.4, 0.5) is 0 Å². The van der Waals surface area contributed by atoms with Gasteiger partial charge in [0.2, 0.25) is 5.82 Å². The Morgan fingerprint density at radius 3 is 2.80 bits per heavy atom. The first kappa shape index (κ1) is 10.5. The summed E-state index contributed by atoms with van der Waals surface area (Å²) in [6.07, 6.45) is -0.670. The minimum Gasteiger partial charge on any atom is -0.384 e. The number of aliphatic hydroxyl groups is 1. The van der Waals surface area contributed by atoms with Crippen molar-refractivity contribution in [1.82, 2.24) is 25.1 Å². The van der Waals surface area contributed by atoms with Gasteiger partial charge in [-0.3, -0.25) is 4.90 Å². The maximum absolute atomic E-state index is 9.83. The van der Waals surface area contributed by atoms with Crippen LogP contribution in [0, 0.1) is 0 Å². The van der Waals surface area contributed by atoms with E-state index in [1.54, 1.807) is 7.05 Å². The van der Waals surface area contributed by atoms with Crippen LogP contribution in [0.3, 0.4) is 0 Å². The number of hydrogen-bond acceptors (Lipinski definition) is 6. The normalized spacial score (nSPS) is 20.4. The Morgan fingerprint density at radius 2 is 2.20 bits per heavy atom. The third-order valence-electron chi connectivity index (χ3n) is 2.36. The number of aromatic nitrogens is 4. The van der Waals surface area contributed by atoms with Crippen LogP contribution in [0.25, 0.3) is 0 Å². The first-order valence-electron chi connectivity index (χ1n) is 4.98. The minimum absolute atomic E-state index is 0.379. The second-order valence-corrected chi connectivity index (χ2v) is 3.57. The van der Waals surface area contributed by atoms with Crippen molar-refractivity contribution >= 4 is 0 Å². The summed E-state index contributed by atoms with van der Waals surface area (Å²) in [4.78, 5) is 3.47. The highest BCUT2D eigenvalue weighted by atomic mass is 16.5. The fraction of sp³-hybridized carbons (Fsp3) is 0.875. The van der Waals surface area contributed by atoms with Crippen molar-refractivity contribution < 1.29 is 9.84 Å². The number of morpholine rings is 1. The molecule has 1 N–H and O–H groups in total. The van der Waals surface area contributed by atoms with Gasteiger partial charge in [-0.1, -0.05) is 0 Å². The predicted molar refractivity (Wildman–Crippen MR) is 51.0 cm³/mol. The van der Waals surface area contributed by atoms with Gasteiger partial charge < -0.3 is 9.84 Å². The monoisotopic (exact) mass is 213 g/mol. The topological polar surface area (TPSA) is 76.3 Å². The highest BCUT2D eigenvalue weighted by Gasteiger charge is 2.19. The minimum atomic E-state index is -0.670. The maximum atomic E-state index is 9.83. The van der Waals surface area contributed by atoms with Gasteiger partial charge in [0.05, 0.1) is 20.3 Å². The Balaban J connectivity index is 1.88. The van der Waals surface area contributed by atoms with E-state index in [0.717, 1.165) is 26.3 Å². The molecular weight excluding hydrogens is 198 g/mol. The van der Waals surface area contributed by atoms with Gasteiger partial charge in [-0.05, 0) is 5.21 Å². The summed E-state index contributed by atoms with van der Waals surface area (Å²) in [5.41, 5.74) is 0. The number of rotatable bonds is 3.